The average Bonchev–Trinajstić information content (AvgIpc) is 2.65. The third-order valence-corrected chi connectivity index (χ3v) is 3.79. The first kappa shape index (κ1) is 11.1. The maximum absolute atomic E-state index is 12.2. The molecule has 2 aliphatic heterocycles. The molecule has 3 rings (SSSR count). The van der Waals surface area contributed by atoms with Crippen molar-refractivity contribution in [2.24, 2.45) is 0 Å². The van der Waals surface area contributed by atoms with E-state index in [0.717, 1.165) is 11.3 Å². The largest absolute Gasteiger partial charge is 0.497 e. The number of fused-ring (bicyclic) bond motifs is 2. The second-order valence-corrected chi connectivity index (χ2v) is 4.72. The Bertz CT molecular complexity index is 529. The minimum Gasteiger partial charge on any atom is -0.497 e. The van der Waals surface area contributed by atoms with Crippen molar-refractivity contribution in [3.63, 3.8) is 0 Å². The molecule has 0 bridgehead atoms. The number of piperidine rings is 1. The lowest BCUT2D eigenvalue weighted by Crippen LogP contribution is -2.50. The Morgan fingerprint density at radius 2 is 2.17 bits per heavy atom. The van der Waals surface area contributed by atoms with Gasteiger partial charge in [-0.2, -0.15) is 0 Å². The summed E-state index contributed by atoms with van der Waals surface area (Å²) in [7, 11) is 1.59. The summed E-state index contributed by atoms with van der Waals surface area (Å²) in [5.74, 6) is 0.687. The van der Waals surface area contributed by atoms with Crippen LogP contribution in [0.1, 0.15) is 18.4 Å². The van der Waals surface area contributed by atoms with Crippen LogP contribution in [0.5, 0.6) is 5.75 Å². The number of ether oxygens (including phenoxy) is 1. The highest BCUT2D eigenvalue weighted by Crippen LogP contribution is 2.43. The van der Waals surface area contributed by atoms with Gasteiger partial charge in [-0.05, 0) is 18.1 Å². The minimum absolute atomic E-state index is 0.00962. The maximum Gasteiger partial charge on any atom is 0.236 e. The highest BCUT2D eigenvalue weighted by molar-refractivity contribution is 6.07. The fraction of sp³-hybridized carbons (Fsp3) is 0.385. The van der Waals surface area contributed by atoms with E-state index in [0.29, 0.717) is 25.1 Å². The van der Waals surface area contributed by atoms with Crippen LogP contribution in [0.15, 0.2) is 18.2 Å². The first-order valence-electron chi connectivity index (χ1n) is 5.92. The van der Waals surface area contributed by atoms with Gasteiger partial charge in [0.05, 0.1) is 12.5 Å². The lowest BCUT2D eigenvalue weighted by Gasteiger charge is -2.31. The van der Waals surface area contributed by atoms with Gasteiger partial charge in [-0.1, -0.05) is 6.07 Å². The third-order valence-electron chi connectivity index (χ3n) is 3.79. The van der Waals surface area contributed by atoms with E-state index in [1.807, 2.05) is 18.2 Å². The molecule has 1 aromatic carbocycles. The van der Waals surface area contributed by atoms with Crippen LogP contribution in [-0.4, -0.2) is 25.5 Å². The standard InChI is InChI=1S/C13H14N2O3/c1-18-8-2-3-9-10(6-8)15-12(17)13(9)5-4-11(16)14-7-13/h2-3,6H,4-5,7H2,1H3,(H,14,16)(H,15,17). The molecule has 2 amide bonds. The topological polar surface area (TPSA) is 67.4 Å². The Kier molecular flexibility index (Phi) is 2.29. The number of carbonyl (C=O) groups is 2. The molecule has 1 fully saturated rings. The van der Waals surface area contributed by atoms with E-state index in [9.17, 15) is 9.59 Å². The number of hydrogen-bond acceptors (Lipinski definition) is 3. The number of methoxy groups -OCH3 is 1. The molecule has 2 aliphatic rings. The Hall–Kier alpha value is -2.04. The third kappa shape index (κ3) is 1.40. The van der Waals surface area contributed by atoms with Gasteiger partial charge < -0.3 is 15.4 Å². The van der Waals surface area contributed by atoms with E-state index < -0.39 is 5.41 Å². The van der Waals surface area contributed by atoms with Crippen molar-refractivity contribution in [1.82, 2.24) is 5.32 Å². The van der Waals surface area contributed by atoms with Crippen LogP contribution < -0.4 is 15.4 Å². The summed E-state index contributed by atoms with van der Waals surface area (Å²) in [6.45, 7) is 0.372. The Balaban J connectivity index is 2.04. The molecule has 0 saturated carbocycles. The molecular formula is C13H14N2O3. The predicted molar refractivity (Wildman–Crippen MR) is 65.5 cm³/mol. The molecule has 1 spiro atoms. The normalized spacial score (nSPS) is 25.6. The van der Waals surface area contributed by atoms with Crippen LogP contribution in [0, 0.1) is 0 Å². The van der Waals surface area contributed by atoms with E-state index in [-0.39, 0.29) is 11.8 Å². The lowest BCUT2D eigenvalue weighted by molar-refractivity contribution is -0.127. The fourth-order valence-corrected chi connectivity index (χ4v) is 2.71. The molecule has 0 radical (unpaired) electrons. The van der Waals surface area contributed by atoms with Crippen molar-refractivity contribution in [3.05, 3.63) is 23.8 Å². The van der Waals surface area contributed by atoms with Gasteiger partial charge in [-0.3, -0.25) is 9.59 Å². The molecular weight excluding hydrogens is 232 g/mol. The number of rotatable bonds is 1. The molecule has 5 heteroatoms. The average molecular weight is 246 g/mol. The van der Waals surface area contributed by atoms with Gasteiger partial charge in [0.2, 0.25) is 11.8 Å². The van der Waals surface area contributed by atoms with E-state index in [1.54, 1.807) is 7.11 Å². The van der Waals surface area contributed by atoms with Gasteiger partial charge >= 0.3 is 0 Å². The lowest BCUT2D eigenvalue weighted by atomic mass is 9.75. The molecule has 5 nitrogen and oxygen atoms in total. The number of nitrogens with one attached hydrogen (secondary N) is 2. The molecule has 0 aliphatic carbocycles. The van der Waals surface area contributed by atoms with E-state index in [2.05, 4.69) is 10.6 Å². The van der Waals surface area contributed by atoms with Gasteiger partial charge in [0.15, 0.2) is 0 Å². The molecule has 1 atom stereocenters. The van der Waals surface area contributed by atoms with Gasteiger partial charge in [0.1, 0.15) is 5.75 Å². The molecule has 0 aromatic heterocycles. The van der Waals surface area contributed by atoms with Crippen LogP contribution in [0.2, 0.25) is 0 Å². The number of carbonyl (C=O) groups excluding carboxylic acids is 2. The molecule has 1 aromatic rings. The molecule has 2 N–H and O–H groups in total. The SMILES string of the molecule is COc1ccc2c(c1)NC(=O)C21CCC(=O)NC1. The predicted octanol–water partition coefficient (Wildman–Crippen LogP) is 0.795. The first-order valence-corrected chi connectivity index (χ1v) is 5.92. The van der Waals surface area contributed by atoms with E-state index >= 15 is 0 Å². The van der Waals surface area contributed by atoms with Crippen molar-refractivity contribution in [2.75, 3.05) is 19.0 Å². The molecule has 1 unspecified atom stereocenters. The zero-order valence-corrected chi connectivity index (χ0v) is 10.1. The zero-order chi connectivity index (χ0) is 12.8. The summed E-state index contributed by atoms with van der Waals surface area (Å²) in [5.41, 5.74) is 1.14. The van der Waals surface area contributed by atoms with E-state index in [4.69, 9.17) is 4.74 Å². The van der Waals surface area contributed by atoms with Crippen LogP contribution in [-0.2, 0) is 15.0 Å². The number of benzene rings is 1. The van der Waals surface area contributed by atoms with E-state index in [1.165, 1.54) is 0 Å². The summed E-state index contributed by atoms with van der Waals surface area (Å²) < 4.78 is 5.15. The quantitative estimate of drug-likeness (QED) is 0.770. The highest BCUT2D eigenvalue weighted by atomic mass is 16.5. The number of hydrogen-bond donors (Lipinski definition) is 2. The van der Waals surface area contributed by atoms with Gasteiger partial charge in [0, 0.05) is 24.7 Å². The summed E-state index contributed by atoms with van der Waals surface area (Å²) in [4.78, 5) is 23.5. The zero-order valence-electron chi connectivity index (χ0n) is 10.1. The van der Waals surface area contributed by atoms with Crippen LogP contribution >= 0.6 is 0 Å². The summed E-state index contributed by atoms with van der Waals surface area (Å²) in [6.07, 6.45) is 0.947. The molecule has 1 saturated heterocycles. The molecule has 18 heavy (non-hydrogen) atoms. The summed E-state index contributed by atoms with van der Waals surface area (Å²) in [6, 6.07) is 5.57. The molecule has 94 valence electrons. The van der Waals surface area contributed by atoms with Crippen LogP contribution in [0.25, 0.3) is 0 Å². The van der Waals surface area contributed by atoms with Crippen LogP contribution in [0.4, 0.5) is 5.69 Å². The Labute approximate surface area is 105 Å². The van der Waals surface area contributed by atoms with Gasteiger partial charge in [0.25, 0.3) is 0 Å². The van der Waals surface area contributed by atoms with Crippen molar-refractivity contribution >= 4 is 17.5 Å². The highest BCUT2D eigenvalue weighted by Gasteiger charge is 2.48. The van der Waals surface area contributed by atoms with Gasteiger partial charge in [-0.25, -0.2) is 0 Å². The number of amides is 2. The number of anilines is 1. The fourth-order valence-electron chi connectivity index (χ4n) is 2.71. The Morgan fingerprint density at radius 3 is 2.83 bits per heavy atom. The van der Waals surface area contributed by atoms with Crippen molar-refractivity contribution in [2.45, 2.75) is 18.3 Å². The first-order chi connectivity index (χ1) is 8.65. The smallest absolute Gasteiger partial charge is 0.236 e. The van der Waals surface area contributed by atoms with Crippen molar-refractivity contribution < 1.29 is 14.3 Å². The van der Waals surface area contributed by atoms with Gasteiger partial charge in [-0.15, -0.1) is 0 Å². The van der Waals surface area contributed by atoms with Crippen molar-refractivity contribution in [1.29, 1.82) is 0 Å². The Morgan fingerprint density at radius 1 is 1.33 bits per heavy atom. The maximum atomic E-state index is 12.2. The minimum atomic E-state index is -0.602. The second-order valence-electron chi connectivity index (χ2n) is 4.72. The molecule has 2 heterocycles. The summed E-state index contributed by atoms with van der Waals surface area (Å²) >= 11 is 0. The monoisotopic (exact) mass is 246 g/mol. The van der Waals surface area contributed by atoms with Crippen LogP contribution in [0.3, 0.4) is 0 Å². The second kappa shape index (κ2) is 3.73. The van der Waals surface area contributed by atoms with Crippen molar-refractivity contribution in [3.8, 4) is 5.75 Å². The summed E-state index contributed by atoms with van der Waals surface area (Å²) in [5, 5.41) is 5.66.